The zero-order chi connectivity index (χ0) is 22.5. The molecule has 0 fully saturated rings. The molecule has 5 aromatic rings. The molecule has 2 heterocycles. The predicted octanol–water partition coefficient (Wildman–Crippen LogP) is 7.75. The van der Waals surface area contributed by atoms with Crippen molar-refractivity contribution in [1.29, 1.82) is 0 Å². The number of pyridine rings is 1. The lowest BCUT2D eigenvalue weighted by molar-refractivity contribution is 0.670. The maximum atomic E-state index is 7.56. The van der Waals surface area contributed by atoms with Crippen molar-refractivity contribution in [2.75, 3.05) is 0 Å². The first-order valence-electron chi connectivity index (χ1n) is 11.3. The molecule has 0 bridgehead atoms. The van der Waals surface area contributed by atoms with Crippen LogP contribution >= 0.6 is 0 Å². The SMILES string of the molecule is [2H]C([2H])([2H])c1ccc(-c2ccc3c(c2)oc2c(-c4cc(C(C)C)ccn4)cccc23)cc1. The molecule has 2 nitrogen and oxygen atoms in total. The lowest BCUT2D eigenvalue weighted by atomic mass is 10.00. The van der Waals surface area contributed by atoms with Gasteiger partial charge in [0.2, 0.25) is 0 Å². The van der Waals surface area contributed by atoms with Gasteiger partial charge < -0.3 is 4.42 Å². The van der Waals surface area contributed by atoms with Crippen molar-refractivity contribution < 1.29 is 8.53 Å². The molecule has 0 saturated heterocycles. The number of aromatic nitrogens is 1. The van der Waals surface area contributed by atoms with E-state index in [-0.39, 0.29) is 0 Å². The summed E-state index contributed by atoms with van der Waals surface area (Å²) in [5, 5.41) is 2.10. The van der Waals surface area contributed by atoms with E-state index in [2.05, 4.69) is 43.1 Å². The van der Waals surface area contributed by atoms with Crippen molar-refractivity contribution in [1.82, 2.24) is 4.98 Å². The molecule has 29 heavy (non-hydrogen) atoms. The summed E-state index contributed by atoms with van der Waals surface area (Å²) in [5.41, 5.74) is 7.02. The second-order valence-electron chi connectivity index (χ2n) is 7.70. The number of furan rings is 1. The Morgan fingerprint density at radius 3 is 2.48 bits per heavy atom. The fourth-order valence-electron chi connectivity index (χ4n) is 3.80. The maximum absolute atomic E-state index is 7.56. The summed E-state index contributed by atoms with van der Waals surface area (Å²) >= 11 is 0. The van der Waals surface area contributed by atoms with Gasteiger partial charge in [0.25, 0.3) is 0 Å². The van der Waals surface area contributed by atoms with Crippen LogP contribution in [0.25, 0.3) is 44.3 Å². The van der Waals surface area contributed by atoms with E-state index in [1.165, 1.54) is 5.56 Å². The average Bonchev–Trinajstić information content (AvgIpc) is 3.16. The molecule has 0 aliphatic rings. The molecule has 0 atom stereocenters. The quantitative estimate of drug-likeness (QED) is 0.320. The van der Waals surface area contributed by atoms with E-state index in [0.717, 1.165) is 44.3 Å². The van der Waals surface area contributed by atoms with Crippen molar-refractivity contribution >= 4 is 21.9 Å². The minimum atomic E-state index is -2.10. The van der Waals surface area contributed by atoms with E-state index in [0.29, 0.717) is 11.5 Å². The van der Waals surface area contributed by atoms with Crippen molar-refractivity contribution in [3.05, 3.63) is 90.1 Å². The third-order valence-corrected chi connectivity index (χ3v) is 5.44. The highest BCUT2D eigenvalue weighted by atomic mass is 16.3. The molecule has 0 saturated carbocycles. The normalized spacial score (nSPS) is 13.6. The molecule has 5 rings (SSSR count). The van der Waals surface area contributed by atoms with Gasteiger partial charge in [0.05, 0.1) is 5.69 Å². The van der Waals surface area contributed by atoms with Gasteiger partial charge in [-0.15, -0.1) is 0 Å². The molecule has 2 aromatic heterocycles. The van der Waals surface area contributed by atoms with Crippen LogP contribution < -0.4 is 0 Å². The molecule has 0 radical (unpaired) electrons. The van der Waals surface area contributed by atoms with Gasteiger partial charge in [-0.3, -0.25) is 4.98 Å². The molecule has 3 aromatic carbocycles. The number of para-hydroxylation sites is 1. The van der Waals surface area contributed by atoms with E-state index in [1.807, 2.05) is 42.6 Å². The zero-order valence-corrected chi connectivity index (χ0v) is 16.4. The van der Waals surface area contributed by atoms with Gasteiger partial charge in [-0.25, -0.2) is 0 Å². The number of rotatable bonds is 3. The Balaban J connectivity index is 1.62. The third-order valence-electron chi connectivity index (χ3n) is 5.44. The molecule has 0 amide bonds. The fourth-order valence-corrected chi connectivity index (χ4v) is 3.80. The van der Waals surface area contributed by atoms with E-state index in [4.69, 9.17) is 8.53 Å². The topological polar surface area (TPSA) is 26.0 Å². The van der Waals surface area contributed by atoms with Gasteiger partial charge in [-0.1, -0.05) is 61.9 Å². The van der Waals surface area contributed by atoms with Gasteiger partial charge in [0.15, 0.2) is 0 Å². The Bertz CT molecular complexity index is 1430. The van der Waals surface area contributed by atoms with E-state index in [9.17, 15) is 0 Å². The fraction of sp³-hybridized carbons (Fsp3) is 0.148. The largest absolute Gasteiger partial charge is 0.455 e. The molecule has 0 spiro atoms. The molecule has 0 aliphatic heterocycles. The highest BCUT2D eigenvalue weighted by Gasteiger charge is 2.14. The smallest absolute Gasteiger partial charge is 0.144 e. The van der Waals surface area contributed by atoms with E-state index >= 15 is 0 Å². The molecule has 0 N–H and O–H groups in total. The average molecular weight is 381 g/mol. The van der Waals surface area contributed by atoms with Crippen molar-refractivity contribution in [3.63, 3.8) is 0 Å². The summed E-state index contributed by atoms with van der Waals surface area (Å²) < 4.78 is 29.0. The van der Waals surface area contributed by atoms with E-state index < -0.39 is 6.85 Å². The molecule has 0 unspecified atom stereocenters. The first-order chi connectivity index (χ1) is 15.3. The summed E-state index contributed by atoms with van der Waals surface area (Å²) in [7, 11) is 0. The standard InChI is InChI=1S/C27H23NO/c1-17(2)20-13-14-28-25(15-20)24-6-4-5-23-22-12-11-21(16-26(22)29-27(23)24)19-9-7-18(3)8-10-19/h4-17H,1-3H3/i3D3. The highest BCUT2D eigenvalue weighted by molar-refractivity contribution is 6.10. The molecular formula is C27H23NO. The van der Waals surface area contributed by atoms with Crippen LogP contribution in [-0.4, -0.2) is 4.98 Å². The number of nitrogens with zero attached hydrogens (tertiary/aromatic N) is 1. The van der Waals surface area contributed by atoms with Gasteiger partial charge in [0.1, 0.15) is 11.2 Å². The van der Waals surface area contributed by atoms with Gasteiger partial charge in [0, 0.05) is 26.6 Å². The van der Waals surface area contributed by atoms with Crippen molar-refractivity contribution in [2.45, 2.75) is 26.6 Å². The lowest BCUT2D eigenvalue weighted by Gasteiger charge is -2.07. The second-order valence-corrected chi connectivity index (χ2v) is 7.70. The summed E-state index contributed by atoms with van der Waals surface area (Å²) in [6.07, 6.45) is 1.85. The lowest BCUT2D eigenvalue weighted by Crippen LogP contribution is -1.90. The van der Waals surface area contributed by atoms with Crippen LogP contribution in [0.5, 0.6) is 0 Å². The number of fused-ring (bicyclic) bond motifs is 3. The Morgan fingerprint density at radius 1 is 0.862 bits per heavy atom. The van der Waals surface area contributed by atoms with Crippen molar-refractivity contribution in [2.24, 2.45) is 0 Å². The summed E-state index contributed by atoms with van der Waals surface area (Å²) in [5.74, 6) is 0.422. The Morgan fingerprint density at radius 2 is 1.69 bits per heavy atom. The highest BCUT2D eigenvalue weighted by Crippen LogP contribution is 2.37. The molecule has 2 heteroatoms. The zero-order valence-electron chi connectivity index (χ0n) is 19.4. The molecular weight excluding hydrogens is 354 g/mol. The second kappa shape index (κ2) is 6.89. The summed E-state index contributed by atoms with van der Waals surface area (Å²) in [6.45, 7) is 2.25. The minimum Gasteiger partial charge on any atom is -0.455 e. The van der Waals surface area contributed by atoms with Crippen LogP contribution in [0.3, 0.4) is 0 Å². The first-order valence-corrected chi connectivity index (χ1v) is 9.84. The molecule has 0 aliphatic carbocycles. The maximum Gasteiger partial charge on any atom is 0.144 e. The Hall–Kier alpha value is -3.39. The van der Waals surface area contributed by atoms with Gasteiger partial charge in [-0.2, -0.15) is 0 Å². The van der Waals surface area contributed by atoms with Crippen LogP contribution in [0, 0.1) is 6.85 Å². The van der Waals surface area contributed by atoms with Crippen LogP contribution in [0.15, 0.2) is 83.4 Å². The number of aryl methyl sites for hydroxylation is 1. The van der Waals surface area contributed by atoms with Crippen LogP contribution in [0.4, 0.5) is 0 Å². The predicted molar refractivity (Wildman–Crippen MR) is 121 cm³/mol. The number of hydrogen-bond acceptors (Lipinski definition) is 2. The summed E-state index contributed by atoms with van der Waals surface area (Å²) in [6, 6.07) is 23.5. The Labute approximate surface area is 175 Å². The van der Waals surface area contributed by atoms with Crippen LogP contribution in [-0.2, 0) is 0 Å². The Kier molecular flexibility index (Phi) is 3.47. The third kappa shape index (κ3) is 3.11. The van der Waals surface area contributed by atoms with Crippen LogP contribution in [0.1, 0.15) is 35.0 Å². The van der Waals surface area contributed by atoms with Crippen LogP contribution in [0.2, 0.25) is 0 Å². The first kappa shape index (κ1) is 14.6. The minimum absolute atomic E-state index is 0.340. The number of benzene rings is 3. The van der Waals surface area contributed by atoms with E-state index in [1.54, 1.807) is 12.1 Å². The molecule has 142 valence electrons. The van der Waals surface area contributed by atoms with Gasteiger partial charge in [-0.05, 0) is 59.8 Å². The monoisotopic (exact) mass is 380 g/mol. The number of hydrogen-bond donors (Lipinski definition) is 0. The van der Waals surface area contributed by atoms with Crippen molar-refractivity contribution in [3.8, 4) is 22.4 Å². The van der Waals surface area contributed by atoms with Gasteiger partial charge >= 0.3 is 0 Å². The summed E-state index contributed by atoms with van der Waals surface area (Å²) in [4.78, 5) is 4.60.